The molecule has 1 aromatic carbocycles. The van der Waals surface area contributed by atoms with Crippen LogP contribution >= 0.6 is 11.3 Å². The maximum atomic E-state index is 12.3. The summed E-state index contributed by atoms with van der Waals surface area (Å²) in [5, 5.41) is 4.29. The van der Waals surface area contributed by atoms with Gasteiger partial charge in [0, 0.05) is 0 Å². The number of carbonyl (C=O) groups is 1. The molecule has 10 heteroatoms. The van der Waals surface area contributed by atoms with Gasteiger partial charge < -0.3 is 5.32 Å². The summed E-state index contributed by atoms with van der Waals surface area (Å²) in [6.45, 7) is 0. The molecule has 3 rings (SSSR count). The van der Waals surface area contributed by atoms with Crippen LogP contribution in [0.3, 0.4) is 0 Å². The van der Waals surface area contributed by atoms with Crippen molar-refractivity contribution >= 4 is 48.5 Å². The molecule has 1 aliphatic rings. The summed E-state index contributed by atoms with van der Waals surface area (Å²) < 4.78 is 50.3. The summed E-state index contributed by atoms with van der Waals surface area (Å²) >= 11 is 1.08. The molecular weight excluding hydrogens is 384 g/mol. The highest BCUT2D eigenvalue weighted by Gasteiger charge is 2.33. The van der Waals surface area contributed by atoms with E-state index in [4.69, 9.17) is 0 Å². The average Bonchev–Trinajstić information content (AvgIpc) is 3.18. The first-order valence-corrected chi connectivity index (χ1v) is 11.6. The van der Waals surface area contributed by atoms with Gasteiger partial charge in [0.2, 0.25) is 5.91 Å². The molecule has 1 unspecified atom stereocenters. The third-order valence-electron chi connectivity index (χ3n) is 3.79. The number of amides is 1. The number of benzene rings is 1. The Labute approximate surface area is 150 Å². The van der Waals surface area contributed by atoms with Gasteiger partial charge in [0.15, 0.2) is 9.84 Å². The number of thiophene rings is 1. The molecule has 7 nitrogen and oxygen atoms in total. The molecule has 0 bridgehead atoms. The normalized spacial score (nSPS) is 19.4. The van der Waals surface area contributed by atoms with Crippen molar-refractivity contribution in [2.45, 2.75) is 10.6 Å². The molecule has 1 amide bonds. The Morgan fingerprint density at radius 1 is 1.12 bits per heavy atom. The van der Waals surface area contributed by atoms with Crippen molar-refractivity contribution < 1.29 is 21.6 Å². The molecule has 2 heterocycles. The fourth-order valence-electron chi connectivity index (χ4n) is 2.53. The molecule has 1 fully saturated rings. The molecule has 0 radical (unpaired) electrons. The molecule has 2 aromatic rings. The molecule has 25 heavy (non-hydrogen) atoms. The molecule has 1 saturated heterocycles. The summed E-state index contributed by atoms with van der Waals surface area (Å²) in [5.74, 6) is -1.23. The van der Waals surface area contributed by atoms with Gasteiger partial charge in [0.1, 0.15) is 4.21 Å². The minimum atomic E-state index is -3.74. The van der Waals surface area contributed by atoms with E-state index in [1.807, 2.05) is 0 Å². The fraction of sp³-hybridized carbons (Fsp3) is 0.267. The van der Waals surface area contributed by atoms with Crippen molar-refractivity contribution in [2.75, 3.05) is 21.5 Å². The van der Waals surface area contributed by atoms with E-state index < -0.39 is 31.7 Å². The maximum absolute atomic E-state index is 12.3. The highest BCUT2D eigenvalue weighted by atomic mass is 32.2. The van der Waals surface area contributed by atoms with Crippen molar-refractivity contribution in [3.63, 3.8) is 0 Å². The predicted molar refractivity (Wildman–Crippen MR) is 97.0 cm³/mol. The van der Waals surface area contributed by atoms with Crippen molar-refractivity contribution in [1.29, 1.82) is 0 Å². The molecule has 134 valence electrons. The SMILES string of the molecule is O=C(Nc1ccccc1NS(=O)(=O)c1cccs1)C1CCS(=O)(=O)C1. The van der Waals surface area contributed by atoms with E-state index in [2.05, 4.69) is 10.0 Å². The van der Waals surface area contributed by atoms with Crippen LogP contribution in [0.5, 0.6) is 0 Å². The molecular formula is C15H16N2O5S3. The quantitative estimate of drug-likeness (QED) is 0.797. The molecule has 0 aliphatic carbocycles. The number of sulfone groups is 1. The standard InChI is InChI=1S/C15H16N2O5S3/c18-15(11-7-9-24(19,20)10-11)16-12-4-1-2-5-13(12)17-25(21,22)14-6-3-8-23-14/h1-6,8,11,17H,7,9-10H2,(H,16,18). The molecule has 1 aromatic heterocycles. The van der Waals surface area contributed by atoms with Gasteiger partial charge in [0.25, 0.3) is 10.0 Å². The van der Waals surface area contributed by atoms with Gasteiger partial charge in [-0.05, 0) is 30.0 Å². The van der Waals surface area contributed by atoms with Crippen molar-refractivity contribution in [3.8, 4) is 0 Å². The van der Waals surface area contributed by atoms with Gasteiger partial charge >= 0.3 is 0 Å². The van der Waals surface area contributed by atoms with Gasteiger partial charge in [-0.2, -0.15) is 0 Å². The largest absolute Gasteiger partial charge is 0.324 e. The smallest absolute Gasteiger partial charge is 0.271 e. The summed E-state index contributed by atoms with van der Waals surface area (Å²) in [6, 6.07) is 9.51. The summed E-state index contributed by atoms with van der Waals surface area (Å²) in [4.78, 5) is 12.3. The van der Waals surface area contributed by atoms with E-state index in [0.717, 1.165) is 11.3 Å². The third-order valence-corrected chi connectivity index (χ3v) is 8.32. The molecule has 2 N–H and O–H groups in total. The predicted octanol–water partition coefficient (Wildman–Crippen LogP) is 1.92. The van der Waals surface area contributed by atoms with Gasteiger partial charge in [-0.25, -0.2) is 16.8 Å². The lowest BCUT2D eigenvalue weighted by Crippen LogP contribution is -2.24. The topological polar surface area (TPSA) is 109 Å². The van der Waals surface area contributed by atoms with Crippen LogP contribution in [-0.2, 0) is 24.7 Å². The Hall–Kier alpha value is -1.91. The maximum Gasteiger partial charge on any atom is 0.271 e. The Bertz CT molecular complexity index is 982. The van der Waals surface area contributed by atoms with Gasteiger partial charge in [-0.1, -0.05) is 18.2 Å². The van der Waals surface area contributed by atoms with Crippen molar-refractivity contribution in [2.24, 2.45) is 5.92 Å². The number of rotatable bonds is 5. The Kier molecular flexibility index (Phi) is 4.85. The van der Waals surface area contributed by atoms with Crippen LogP contribution < -0.4 is 10.0 Å². The fourth-order valence-corrected chi connectivity index (χ4v) is 6.34. The molecule has 0 spiro atoms. The number of para-hydroxylation sites is 2. The first kappa shape index (κ1) is 17.9. The molecule has 1 atom stereocenters. The van der Waals surface area contributed by atoms with E-state index in [9.17, 15) is 21.6 Å². The lowest BCUT2D eigenvalue weighted by molar-refractivity contribution is -0.119. The van der Waals surface area contributed by atoms with E-state index in [-0.39, 0.29) is 33.5 Å². The van der Waals surface area contributed by atoms with Crippen LogP contribution in [-0.4, -0.2) is 34.2 Å². The highest BCUT2D eigenvalue weighted by Crippen LogP contribution is 2.27. The Balaban J connectivity index is 1.79. The van der Waals surface area contributed by atoms with Crippen LogP contribution in [0.1, 0.15) is 6.42 Å². The second-order valence-electron chi connectivity index (χ2n) is 5.67. The van der Waals surface area contributed by atoms with Gasteiger partial charge in [-0.3, -0.25) is 9.52 Å². The van der Waals surface area contributed by atoms with Crippen LogP contribution in [0.2, 0.25) is 0 Å². The highest BCUT2D eigenvalue weighted by molar-refractivity contribution is 7.94. The van der Waals surface area contributed by atoms with Crippen LogP contribution in [0.25, 0.3) is 0 Å². The second-order valence-corrected chi connectivity index (χ2v) is 10.8. The van der Waals surface area contributed by atoms with E-state index in [0.29, 0.717) is 0 Å². The summed E-state index contributed by atoms with van der Waals surface area (Å²) in [5.41, 5.74) is 0.516. The van der Waals surface area contributed by atoms with Crippen LogP contribution in [0, 0.1) is 5.92 Å². The van der Waals surface area contributed by atoms with E-state index in [1.165, 1.54) is 12.1 Å². The number of nitrogens with one attached hydrogen (secondary N) is 2. The average molecular weight is 401 g/mol. The Morgan fingerprint density at radius 2 is 1.84 bits per heavy atom. The van der Waals surface area contributed by atoms with Crippen LogP contribution in [0.4, 0.5) is 11.4 Å². The minimum absolute atomic E-state index is 0.00224. The number of sulfonamides is 1. The first-order chi connectivity index (χ1) is 11.8. The lowest BCUT2D eigenvalue weighted by atomic mass is 10.1. The monoisotopic (exact) mass is 400 g/mol. The minimum Gasteiger partial charge on any atom is -0.324 e. The molecule has 1 aliphatic heterocycles. The van der Waals surface area contributed by atoms with Gasteiger partial charge in [0.05, 0.1) is 28.8 Å². The third kappa shape index (κ3) is 4.20. The number of carbonyl (C=O) groups excluding carboxylic acids is 1. The van der Waals surface area contributed by atoms with Gasteiger partial charge in [-0.15, -0.1) is 11.3 Å². The number of hydrogen-bond acceptors (Lipinski definition) is 6. The number of hydrogen-bond donors (Lipinski definition) is 2. The molecule has 0 saturated carbocycles. The van der Waals surface area contributed by atoms with E-state index in [1.54, 1.807) is 29.6 Å². The summed E-state index contributed by atoms with van der Waals surface area (Å²) in [6.07, 6.45) is 0.275. The van der Waals surface area contributed by atoms with Crippen molar-refractivity contribution in [3.05, 3.63) is 41.8 Å². The lowest BCUT2D eigenvalue weighted by Gasteiger charge is -2.14. The number of anilines is 2. The Morgan fingerprint density at radius 3 is 2.44 bits per heavy atom. The zero-order chi connectivity index (χ0) is 18.1. The van der Waals surface area contributed by atoms with Crippen LogP contribution in [0.15, 0.2) is 46.0 Å². The first-order valence-electron chi connectivity index (χ1n) is 7.43. The second kappa shape index (κ2) is 6.77. The zero-order valence-electron chi connectivity index (χ0n) is 13.0. The van der Waals surface area contributed by atoms with E-state index >= 15 is 0 Å². The zero-order valence-corrected chi connectivity index (χ0v) is 15.5. The summed E-state index contributed by atoms with van der Waals surface area (Å²) in [7, 11) is -6.92. The van der Waals surface area contributed by atoms with Crippen molar-refractivity contribution in [1.82, 2.24) is 0 Å².